The molecule has 3 heteroatoms. The first kappa shape index (κ1) is 9.42. The fourth-order valence-corrected chi connectivity index (χ4v) is 1.74. The topological polar surface area (TPSA) is 43.1 Å². The predicted octanol–water partition coefficient (Wildman–Crippen LogP) is 1.92. The van der Waals surface area contributed by atoms with Crippen molar-refractivity contribution < 1.29 is 4.79 Å². The molecule has 0 spiro atoms. The summed E-state index contributed by atoms with van der Waals surface area (Å²) >= 11 is 1.54. The Labute approximate surface area is 76.4 Å². The normalized spacial score (nSPS) is 12.8. The van der Waals surface area contributed by atoms with Crippen LogP contribution in [0.2, 0.25) is 0 Å². The smallest absolute Gasteiger partial charge is 0.168 e. The number of hydrogen-bond donors (Lipinski definition) is 1. The van der Waals surface area contributed by atoms with Gasteiger partial charge in [0.25, 0.3) is 0 Å². The van der Waals surface area contributed by atoms with Crippen molar-refractivity contribution in [2.24, 2.45) is 11.7 Å². The predicted molar refractivity (Wildman–Crippen MR) is 51.5 cm³/mol. The zero-order valence-corrected chi connectivity index (χ0v) is 7.93. The summed E-state index contributed by atoms with van der Waals surface area (Å²) in [5.41, 5.74) is 6.28. The number of thiophene rings is 1. The molecule has 0 aromatic carbocycles. The lowest BCUT2D eigenvalue weighted by Gasteiger charge is -2.08. The van der Waals surface area contributed by atoms with Gasteiger partial charge in [0.15, 0.2) is 5.78 Å². The van der Waals surface area contributed by atoms with Crippen LogP contribution in [0.4, 0.5) is 0 Å². The van der Waals surface area contributed by atoms with Crippen LogP contribution in [0.3, 0.4) is 0 Å². The van der Waals surface area contributed by atoms with Crippen LogP contribution < -0.4 is 5.73 Å². The lowest BCUT2D eigenvalue weighted by molar-refractivity contribution is 0.0922. The molecule has 1 unspecified atom stereocenters. The van der Waals surface area contributed by atoms with Gasteiger partial charge in [-0.15, -0.1) is 0 Å². The number of carbonyl (C=O) groups excluding carboxylic acids is 1. The quantitative estimate of drug-likeness (QED) is 0.725. The highest BCUT2D eigenvalue weighted by molar-refractivity contribution is 7.08. The minimum Gasteiger partial charge on any atom is -0.330 e. The average Bonchev–Trinajstić information content (AvgIpc) is 2.58. The third-order valence-electron chi connectivity index (χ3n) is 1.95. The Bertz CT molecular complexity index is 239. The molecule has 0 fully saturated rings. The van der Waals surface area contributed by atoms with Crippen LogP contribution in [-0.2, 0) is 0 Å². The minimum absolute atomic E-state index is 0.000370. The van der Waals surface area contributed by atoms with Crippen molar-refractivity contribution in [3.8, 4) is 0 Å². The molecule has 1 aromatic rings. The van der Waals surface area contributed by atoms with Crippen molar-refractivity contribution >= 4 is 17.1 Å². The highest BCUT2D eigenvalue weighted by atomic mass is 32.1. The summed E-state index contributed by atoms with van der Waals surface area (Å²) in [4.78, 5) is 11.6. The third-order valence-corrected chi connectivity index (χ3v) is 2.64. The van der Waals surface area contributed by atoms with E-state index in [9.17, 15) is 4.79 Å². The lowest BCUT2D eigenvalue weighted by atomic mass is 9.97. The van der Waals surface area contributed by atoms with E-state index in [4.69, 9.17) is 5.73 Å². The highest BCUT2D eigenvalue weighted by Gasteiger charge is 2.16. The first-order valence-electron chi connectivity index (χ1n) is 4.06. The van der Waals surface area contributed by atoms with Gasteiger partial charge >= 0.3 is 0 Å². The molecule has 1 rings (SSSR count). The minimum atomic E-state index is -0.000370. The van der Waals surface area contributed by atoms with Crippen molar-refractivity contribution in [2.45, 2.75) is 13.3 Å². The van der Waals surface area contributed by atoms with E-state index in [0.717, 1.165) is 12.0 Å². The average molecular weight is 183 g/mol. The van der Waals surface area contributed by atoms with Crippen molar-refractivity contribution in [3.63, 3.8) is 0 Å². The van der Waals surface area contributed by atoms with Gasteiger partial charge in [0.1, 0.15) is 0 Å². The van der Waals surface area contributed by atoms with Gasteiger partial charge in [0, 0.05) is 23.4 Å². The van der Waals surface area contributed by atoms with Crippen LogP contribution in [0.1, 0.15) is 23.7 Å². The van der Waals surface area contributed by atoms with Crippen LogP contribution >= 0.6 is 11.3 Å². The van der Waals surface area contributed by atoms with E-state index in [0.29, 0.717) is 6.54 Å². The van der Waals surface area contributed by atoms with E-state index in [1.807, 2.05) is 23.8 Å². The number of ketones is 1. The Morgan fingerprint density at radius 3 is 2.92 bits per heavy atom. The van der Waals surface area contributed by atoms with Crippen molar-refractivity contribution in [1.29, 1.82) is 0 Å². The maximum atomic E-state index is 11.6. The van der Waals surface area contributed by atoms with E-state index in [1.165, 1.54) is 0 Å². The Morgan fingerprint density at radius 1 is 1.75 bits per heavy atom. The molecule has 0 bridgehead atoms. The molecular weight excluding hydrogens is 170 g/mol. The molecule has 0 amide bonds. The fourth-order valence-electron chi connectivity index (χ4n) is 1.10. The second kappa shape index (κ2) is 4.38. The number of hydrogen-bond acceptors (Lipinski definition) is 3. The molecule has 12 heavy (non-hydrogen) atoms. The van der Waals surface area contributed by atoms with Gasteiger partial charge in [-0.2, -0.15) is 11.3 Å². The summed E-state index contributed by atoms with van der Waals surface area (Å²) in [6.45, 7) is 2.44. The molecule has 1 atom stereocenters. The summed E-state index contributed by atoms with van der Waals surface area (Å²) in [6, 6.07) is 1.85. The van der Waals surface area contributed by atoms with E-state index < -0.39 is 0 Å². The largest absolute Gasteiger partial charge is 0.330 e. The van der Waals surface area contributed by atoms with Crippen molar-refractivity contribution in [3.05, 3.63) is 22.4 Å². The molecule has 2 nitrogen and oxygen atoms in total. The maximum Gasteiger partial charge on any atom is 0.168 e. The number of nitrogens with two attached hydrogens (primary N) is 1. The molecule has 0 saturated heterocycles. The molecule has 2 N–H and O–H groups in total. The highest BCUT2D eigenvalue weighted by Crippen LogP contribution is 2.13. The molecular formula is C9H13NOS. The molecule has 0 saturated carbocycles. The zero-order chi connectivity index (χ0) is 8.97. The number of carbonyl (C=O) groups is 1. The molecule has 66 valence electrons. The monoisotopic (exact) mass is 183 g/mol. The van der Waals surface area contributed by atoms with Crippen LogP contribution in [0.15, 0.2) is 16.8 Å². The van der Waals surface area contributed by atoms with Gasteiger partial charge in [-0.3, -0.25) is 4.79 Å². The van der Waals surface area contributed by atoms with Gasteiger partial charge in [-0.1, -0.05) is 6.92 Å². The van der Waals surface area contributed by atoms with Crippen LogP contribution in [0, 0.1) is 5.92 Å². The van der Waals surface area contributed by atoms with Crippen LogP contribution in [-0.4, -0.2) is 12.3 Å². The van der Waals surface area contributed by atoms with Gasteiger partial charge < -0.3 is 5.73 Å². The Balaban J connectivity index is 2.70. The fraction of sp³-hybridized carbons (Fsp3) is 0.444. The molecule has 0 aliphatic rings. The second-order valence-corrected chi connectivity index (χ2v) is 3.50. The van der Waals surface area contributed by atoms with E-state index in [1.54, 1.807) is 11.3 Å². The molecule has 1 heterocycles. The van der Waals surface area contributed by atoms with Gasteiger partial charge in [0.2, 0.25) is 0 Å². The summed E-state index contributed by atoms with van der Waals surface area (Å²) in [5.74, 6) is 0.181. The lowest BCUT2D eigenvalue weighted by Crippen LogP contribution is -2.22. The summed E-state index contributed by atoms with van der Waals surface area (Å²) in [6.07, 6.45) is 0.825. The third kappa shape index (κ3) is 1.93. The second-order valence-electron chi connectivity index (χ2n) is 2.72. The van der Waals surface area contributed by atoms with Gasteiger partial charge in [-0.05, 0) is 17.9 Å². The summed E-state index contributed by atoms with van der Waals surface area (Å²) in [5, 5.41) is 3.79. The van der Waals surface area contributed by atoms with E-state index in [2.05, 4.69) is 0 Å². The molecule has 0 aliphatic heterocycles. The summed E-state index contributed by atoms with van der Waals surface area (Å²) in [7, 11) is 0. The SMILES string of the molecule is CCC(CN)C(=O)c1ccsc1. The number of Topliss-reactive ketones (excluding diaryl/α,β-unsaturated/α-hetero) is 1. The van der Waals surface area contributed by atoms with Crippen molar-refractivity contribution in [1.82, 2.24) is 0 Å². The van der Waals surface area contributed by atoms with Crippen LogP contribution in [0.5, 0.6) is 0 Å². The van der Waals surface area contributed by atoms with Gasteiger partial charge in [-0.25, -0.2) is 0 Å². The molecule has 0 aliphatic carbocycles. The first-order valence-corrected chi connectivity index (χ1v) is 5.00. The Morgan fingerprint density at radius 2 is 2.50 bits per heavy atom. The maximum absolute atomic E-state index is 11.6. The first-order chi connectivity index (χ1) is 5.79. The zero-order valence-electron chi connectivity index (χ0n) is 7.12. The molecule has 1 aromatic heterocycles. The summed E-state index contributed by atoms with van der Waals surface area (Å²) < 4.78 is 0. The van der Waals surface area contributed by atoms with Gasteiger partial charge in [0.05, 0.1) is 0 Å². The Kier molecular flexibility index (Phi) is 3.44. The van der Waals surface area contributed by atoms with Crippen LogP contribution in [0.25, 0.3) is 0 Å². The Hall–Kier alpha value is -0.670. The van der Waals surface area contributed by atoms with Crippen molar-refractivity contribution in [2.75, 3.05) is 6.54 Å². The van der Waals surface area contributed by atoms with E-state index in [-0.39, 0.29) is 11.7 Å². The molecule has 0 radical (unpaired) electrons. The van der Waals surface area contributed by atoms with E-state index >= 15 is 0 Å². The standard InChI is InChI=1S/C9H13NOS/c1-2-7(5-10)9(11)8-3-4-12-6-8/h3-4,6-7H,2,5,10H2,1H3. The number of rotatable bonds is 4.